The van der Waals surface area contributed by atoms with Gasteiger partial charge in [0.2, 0.25) is 5.95 Å². The van der Waals surface area contributed by atoms with E-state index in [1.165, 1.54) is 4.57 Å². The molecule has 0 aliphatic carbocycles. The zero-order valence-corrected chi connectivity index (χ0v) is 20.9. The number of fused-ring (bicyclic) bond motifs is 2. The Morgan fingerprint density at radius 1 is 1.22 bits per heavy atom. The van der Waals surface area contributed by atoms with Gasteiger partial charge < -0.3 is 9.47 Å². The molecule has 0 atom stereocenters. The summed E-state index contributed by atoms with van der Waals surface area (Å²) in [5, 5.41) is 16.0. The van der Waals surface area contributed by atoms with Gasteiger partial charge in [0.25, 0.3) is 5.56 Å². The number of hydrogen-bond donors (Lipinski definition) is 0. The van der Waals surface area contributed by atoms with E-state index in [2.05, 4.69) is 21.0 Å². The van der Waals surface area contributed by atoms with Gasteiger partial charge in [-0.1, -0.05) is 11.6 Å². The summed E-state index contributed by atoms with van der Waals surface area (Å²) in [7, 11) is 7.12. The minimum absolute atomic E-state index is 0.239. The van der Waals surface area contributed by atoms with Gasteiger partial charge in [-0.15, -0.1) is 0 Å². The molecule has 0 aliphatic heterocycles. The van der Waals surface area contributed by atoms with Gasteiger partial charge in [0.05, 0.1) is 29.7 Å². The molecule has 180 valence electrons. The Hall–Kier alpha value is -4.49. The molecular weight excluding hydrogens is 478 g/mol. The van der Waals surface area contributed by atoms with Crippen LogP contribution in [0, 0.1) is 11.3 Å². The molecule has 36 heavy (non-hydrogen) atoms. The first-order chi connectivity index (χ1) is 17.3. The second-order valence-electron chi connectivity index (χ2n) is 8.66. The molecule has 4 heterocycles. The summed E-state index contributed by atoms with van der Waals surface area (Å²) in [5.74, 6) is 0.239. The van der Waals surface area contributed by atoms with Crippen LogP contribution in [0.2, 0.25) is 5.02 Å². The molecule has 10 nitrogen and oxygen atoms in total. The van der Waals surface area contributed by atoms with Crippen LogP contribution in [0.5, 0.6) is 0 Å². The maximum absolute atomic E-state index is 13.6. The van der Waals surface area contributed by atoms with Crippen molar-refractivity contribution in [1.82, 2.24) is 33.8 Å². The average molecular weight is 500 g/mol. The first-order valence-corrected chi connectivity index (χ1v) is 11.4. The summed E-state index contributed by atoms with van der Waals surface area (Å²) in [6.45, 7) is 0.331. The summed E-state index contributed by atoms with van der Waals surface area (Å²) in [5.41, 5.74) is 3.44. The number of pyridine rings is 1. The van der Waals surface area contributed by atoms with E-state index in [1.54, 1.807) is 47.5 Å². The number of rotatable bonds is 5. The number of hydrogen-bond acceptors (Lipinski definition) is 6. The van der Waals surface area contributed by atoms with E-state index in [4.69, 9.17) is 16.7 Å². The van der Waals surface area contributed by atoms with E-state index >= 15 is 0 Å². The highest BCUT2D eigenvalue weighted by Gasteiger charge is 2.23. The van der Waals surface area contributed by atoms with E-state index in [0.29, 0.717) is 33.9 Å². The van der Waals surface area contributed by atoms with Crippen LogP contribution in [-0.2, 0) is 20.6 Å². The van der Waals surface area contributed by atoms with E-state index in [1.807, 2.05) is 43.9 Å². The van der Waals surface area contributed by atoms with Gasteiger partial charge in [-0.3, -0.25) is 19.0 Å². The first kappa shape index (κ1) is 23.3. The van der Waals surface area contributed by atoms with Crippen molar-refractivity contribution in [3.05, 3.63) is 69.2 Å². The standard InChI is InChI=1S/C25H22ClN9O/c1-32(2)14-29-25-30-23-21(24(36)34(25)4)22(20-9-15(11-27)12-33(20)3)35(31-23)13-16-7-8-28-19-6-5-17(26)10-18(16)19/h5-10,12,14H,13H2,1-4H3/b29-14+. The monoisotopic (exact) mass is 499 g/mol. The SMILES string of the molecule is CN(C)/C=N/c1nc2nn(Cc3ccnc4ccc(Cl)cc34)c(-c3cc(C#N)cn3C)c2c(=O)n1C. The third kappa shape index (κ3) is 3.99. The molecule has 0 spiro atoms. The van der Waals surface area contributed by atoms with Crippen LogP contribution in [-0.4, -0.2) is 54.2 Å². The quantitative estimate of drug-likeness (QED) is 0.270. The number of halogens is 1. The van der Waals surface area contributed by atoms with Crippen molar-refractivity contribution < 1.29 is 0 Å². The number of aryl methyl sites for hydroxylation is 1. The number of aliphatic imine (C=N–C) groups is 1. The Morgan fingerprint density at radius 3 is 2.75 bits per heavy atom. The smallest absolute Gasteiger partial charge is 0.266 e. The van der Waals surface area contributed by atoms with Crippen LogP contribution in [0.3, 0.4) is 0 Å². The lowest BCUT2D eigenvalue weighted by Crippen LogP contribution is -2.19. The van der Waals surface area contributed by atoms with Crippen molar-refractivity contribution in [2.75, 3.05) is 14.1 Å². The summed E-state index contributed by atoms with van der Waals surface area (Å²) >= 11 is 6.28. The zero-order valence-electron chi connectivity index (χ0n) is 20.1. The Kier molecular flexibility index (Phi) is 5.78. The van der Waals surface area contributed by atoms with Crippen molar-refractivity contribution in [3.8, 4) is 17.5 Å². The molecule has 0 amide bonds. The fourth-order valence-electron chi connectivity index (χ4n) is 4.15. The molecule has 0 radical (unpaired) electrons. The second-order valence-corrected chi connectivity index (χ2v) is 9.09. The molecule has 5 aromatic rings. The molecule has 0 N–H and O–H groups in total. The van der Waals surface area contributed by atoms with E-state index in [0.717, 1.165) is 16.5 Å². The number of nitrogens with zero attached hydrogens (tertiary/aromatic N) is 9. The number of aromatic nitrogens is 6. The lowest BCUT2D eigenvalue weighted by molar-refractivity contribution is 0.641. The van der Waals surface area contributed by atoms with Gasteiger partial charge in [0.15, 0.2) is 5.65 Å². The highest BCUT2D eigenvalue weighted by molar-refractivity contribution is 6.31. The molecule has 0 saturated carbocycles. The van der Waals surface area contributed by atoms with Crippen LogP contribution >= 0.6 is 11.6 Å². The van der Waals surface area contributed by atoms with Gasteiger partial charge in [-0.05, 0) is 35.9 Å². The summed E-state index contributed by atoms with van der Waals surface area (Å²) in [6, 6.07) is 11.3. The highest BCUT2D eigenvalue weighted by Crippen LogP contribution is 2.30. The van der Waals surface area contributed by atoms with Crippen molar-refractivity contribution in [2.24, 2.45) is 19.1 Å². The molecule has 1 aromatic carbocycles. The van der Waals surface area contributed by atoms with Crippen LogP contribution < -0.4 is 5.56 Å². The molecule has 5 rings (SSSR count). The fraction of sp³-hybridized carbons (Fsp3) is 0.200. The number of nitriles is 1. The maximum atomic E-state index is 13.6. The summed E-state index contributed by atoms with van der Waals surface area (Å²) < 4.78 is 4.95. The van der Waals surface area contributed by atoms with Gasteiger partial charge in [-0.2, -0.15) is 15.3 Å². The Bertz CT molecular complexity index is 1770. The highest BCUT2D eigenvalue weighted by atomic mass is 35.5. The Labute approximate surface area is 211 Å². The predicted octanol–water partition coefficient (Wildman–Crippen LogP) is 3.48. The molecule has 0 aliphatic rings. The van der Waals surface area contributed by atoms with Crippen LogP contribution in [0.1, 0.15) is 11.1 Å². The van der Waals surface area contributed by atoms with Gasteiger partial charge >= 0.3 is 0 Å². The molecule has 4 aromatic heterocycles. The molecule has 0 saturated heterocycles. The lowest BCUT2D eigenvalue weighted by atomic mass is 10.1. The van der Waals surface area contributed by atoms with Crippen LogP contribution in [0.15, 0.2) is 52.5 Å². The van der Waals surface area contributed by atoms with Gasteiger partial charge in [0.1, 0.15) is 17.1 Å². The van der Waals surface area contributed by atoms with Gasteiger partial charge in [0, 0.05) is 51.0 Å². The molecular formula is C25H22ClN9O. The topological polar surface area (TPSA) is 110 Å². The molecule has 0 unspecified atom stereocenters. The first-order valence-electron chi connectivity index (χ1n) is 11.0. The fourth-order valence-corrected chi connectivity index (χ4v) is 4.32. The Morgan fingerprint density at radius 2 is 2.03 bits per heavy atom. The van der Waals surface area contributed by atoms with Crippen LogP contribution in [0.25, 0.3) is 33.3 Å². The van der Waals surface area contributed by atoms with Crippen molar-refractivity contribution in [2.45, 2.75) is 6.54 Å². The summed E-state index contributed by atoms with van der Waals surface area (Å²) in [4.78, 5) is 28.7. The second kappa shape index (κ2) is 8.94. The lowest BCUT2D eigenvalue weighted by Gasteiger charge is -2.11. The minimum atomic E-state index is -0.283. The largest absolute Gasteiger partial charge is 0.369 e. The van der Waals surface area contributed by atoms with E-state index in [-0.39, 0.29) is 17.2 Å². The Balaban J connectivity index is 1.79. The average Bonchev–Trinajstić information content (AvgIpc) is 3.40. The number of benzene rings is 1. The minimum Gasteiger partial charge on any atom is -0.369 e. The molecule has 0 fully saturated rings. The third-order valence-electron chi connectivity index (χ3n) is 5.85. The molecule has 0 bridgehead atoms. The van der Waals surface area contributed by atoms with E-state index in [9.17, 15) is 10.1 Å². The summed E-state index contributed by atoms with van der Waals surface area (Å²) in [6.07, 6.45) is 5.03. The third-order valence-corrected chi connectivity index (χ3v) is 6.09. The normalized spacial score (nSPS) is 11.6. The predicted molar refractivity (Wildman–Crippen MR) is 140 cm³/mol. The van der Waals surface area contributed by atoms with E-state index < -0.39 is 0 Å². The van der Waals surface area contributed by atoms with Crippen molar-refractivity contribution in [3.63, 3.8) is 0 Å². The maximum Gasteiger partial charge on any atom is 0.266 e. The van der Waals surface area contributed by atoms with Crippen LogP contribution in [0.4, 0.5) is 5.95 Å². The van der Waals surface area contributed by atoms with Crippen molar-refractivity contribution in [1.29, 1.82) is 5.26 Å². The molecule has 11 heteroatoms. The van der Waals surface area contributed by atoms with Crippen molar-refractivity contribution >= 4 is 45.8 Å². The van der Waals surface area contributed by atoms with Gasteiger partial charge in [-0.25, -0.2) is 4.99 Å². The zero-order chi connectivity index (χ0) is 25.6.